The maximum absolute atomic E-state index is 10.2. The number of halogens is 1. The Morgan fingerprint density at radius 1 is 1.64 bits per heavy atom. The minimum Gasteiger partial charge on any atom is -0.480 e. The molecule has 0 aliphatic heterocycles. The number of hydrogen-bond donors (Lipinski definition) is 2. The molecule has 0 saturated heterocycles. The lowest BCUT2D eigenvalue weighted by molar-refractivity contribution is -0.138. The molecule has 0 spiro atoms. The van der Waals surface area contributed by atoms with Crippen LogP contribution >= 0.6 is 12.4 Å². The molecular formula is C7H16ClNO2. The van der Waals surface area contributed by atoms with Gasteiger partial charge < -0.3 is 10.8 Å². The van der Waals surface area contributed by atoms with Crippen LogP contribution in [0.1, 0.15) is 26.7 Å². The standard InChI is InChI=1S/C7H15NO2.ClH/c1-3-5(2)4-6(8)7(9)10;/h5-6H,3-4,8H2,1-2H3,(H,9,10);1H/t5?,6-;/m1./s1. The fourth-order valence-electron chi connectivity index (χ4n) is 0.701. The highest BCUT2D eigenvalue weighted by molar-refractivity contribution is 5.85. The summed E-state index contributed by atoms with van der Waals surface area (Å²) in [4.78, 5) is 10.2. The fraction of sp³-hybridized carbons (Fsp3) is 0.857. The zero-order chi connectivity index (χ0) is 8.15. The van der Waals surface area contributed by atoms with Crippen LogP contribution in [-0.4, -0.2) is 17.1 Å². The third-order valence-corrected chi connectivity index (χ3v) is 1.67. The Kier molecular flexibility index (Phi) is 7.79. The van der Waals surface area contributed by atoms with Gasteiger partial charge in [0.15, 0.2) is 0 Å². The van der Waals surface area contributed by atoms with Gasteiger partial charge >= 0.3 is 5.97 Å². The molecule has 3 N–H and O–H groups in total. The Morgan fingerprint density at radius 2 is 2.09 bits per heavy atom. The molecule has 1 unspecified atom stereocenters. The van der Waals surface area contributed by atoms with E-state index < -0.39 is 12.0 Å². The van der Waals surface area contributed by atoms with E-state index in [0.29, 0.717) is 12.3 Å². The van der Waals surface area contributed by atoms with Crippen molar-refractivity contribution in [1.82, 2.24) is 0 Å². The minimum atomic E-state index is -0.902. The van der Waals surface area contributed by atoms with Crippen molar-refractivity contribution in [3.63, 3.8) is 0 Å². The molecule has 0 bridgehead atoms. The van der Waals surface area contributed by atoms with E-state index >= 15 is 0 Å². The van der Waals surface area contributed by atoms with Crippen LogP contribution in [0.5, 0.6) is 0 Å². The Labute approximate surface area is 73.4 Å². The lowest BCUT2D eigenvalue weighted by Crippen LogP contribution is -2.31. The number of carbonyl (C=O) groups is 1. The van der Waals surface area contributed by atoms with Gasteiger partial charge in [-0.15, -0.1) is 12.4 Å². The fourth-order valence-corrected chi connectivity index (χ4v) is 0.701. The summed E-state index contributed by atoms with van der Waals surface area (Å²) < 4.78 is 0. The Bertz CT molecular complexity index is 119. The van der Waals surface area contributed by atoms with Crippen LogP contribution in [0.15, 0.2) is 0 Å². The van der Waals surface area contributed by atoms with E-state index in [2.05, 4.69) is 0 Å². The molecule has 0 heterocycles. The molecule has 0 aromatic heterocycles. The second-order valence-electron chi connectivity index (χ2n) is 2.69. The van der Waals surface area contributed by atoms with Crippen LogP contribution in [-0.2, 0) is 4.79 Å². The number of hydrogen-bond acceptors (Lipinski definition) is 2. The van der Waals surface area contributed by atoms with E-state index in [1.807, 2.05) is 13.8 Å². The number of carboxylic acid groups (broad SMARTS) is 1. The second kappa shape index (κ2) is 6.43. The monoisotopic (exact) mass is 181 g/mol. The number of aliphatic carboxylic acids is 1. The van der Waals surface area contributed by atoms with Gasteiger partial charge in [-0.25, -0.2) is 0 Å². The summed E-state index contributed by atoms with van der Waals surface area (Å²) in [6.07, 6.45) is 1.56. The average molecular weight is 182 g/mol. The molecule has 11 heavy (non-hydrogen) atoms. The SMILES string of the molecule is CCC(C)C[C@@H](N)C(=O)O.Cl. The number of carboxylic acids is 1. The third kappa shape index (κ3) is 6.13. The van der Waals surface area contributed by atoms with E-state index in [0.717, 1.165) is 6.42 Å². The van der Waals surface area contributed by atoms with Crippen molar-refractivity contribution in [2.75, 3.05) is 0 Å². The van der Waals surface area contributed by atoms with Gasteiger partial charge in [0, 0.05) is 0 Å². The molecule has 4 heteroatoms. The largest absolute Gasteiger partial charge is 0.480 e. The molecule has 3 nitrogen and oxygen atoms in total. The summed E-state index contributed by atoms with van der Waals surface area (Å²) in [5.74, 6) is -0.494. The van der Waals surface area contributed by atoms with E-state index in [-0.39, 0.29) is 12.4 Å². The van der Waals surface area contributed by atoms with Gasteiger partial charge in [0.05, 0.1) is 0 Å². The van der Waals surface area contributed by atoms with Crippen LogP contribution in [0.3, 0.4) is 0 Å². The first kappa shape index (κ1) is 13.3. The molecule has 0 aliphatic rings. The second-order valence-corrected chi connectivity index (χ2v) is 2.69. The van der Waals surface area contributed by atoms with Gasteiger partial charge in [0.2, 0.25) is 0 Å². The van der Waals surface area contributed by atoms with E-state index in [4.69, 9.17) is 10.8 Å². The molecule has 0 rings (SSSR count). The van der Waals surface area contributed by atoms with Crippen molar-refractivity contribution in [3.05, 3.63) is 0 Å². The molecule has 0 saturated carbocycles. The Balaban J connectivity index is 0. The van der Waals surface area contributed by atoms with Crippen molar-refractivity contribution < 1.29 is 9.90 Å². The summed E-state index contributed by atoms with van der Waals surface area (Å²) in [6, 6.07) is -0.685. The predicted molar refractivity (Wildman–Crippen MR) is 46.9 cm³/mol. The molecule has 0 amide bonds. The molecule has 0 aliphatic carbocycles. The number of rotatable bonds is 4. The van der Waals surface area contributed by atoms with Crippen molar-refractivity contribution in [2.24, 2.45) is 11.7 Å². The first-order valence-electron chi connectivity index (χ1n) is 3.56. The molecule has 2 atom stereocenters. The highest BCUT2D eigenvalue weighted by Gasteiger charge is 2.13. The first-order valence-corrected chi connectivity index (χ1v) is 3.56. The Morgan fingerprint density at radius 3 is 2.36 bits per heavy atom. The van der Waals surface area contributed by atoms with Gasteiger partial charge in [-0.05, 0) is 12.3 Å². The lowest BCUT2D eigenvalue weighted by atomic mass is 10.0. The van der Waals surface area contributed by atoms with Crippen LogP contribution in [0.2, 0.25) is 0 Å². The zero-order valence-electron chi connectivity index (χ0n) is 6.91. The topological polar surface area (TPSA) is 63.3 Å². The summed E-state index contributed by atoms with van der Waals surface area (Å²) in [6.45, 7) is 4.03. The Hall–Kier alpha value is -0.280. The van der Waals surface area contributed by atoms with Crippen LogP contribution in [0.4, 0.5) is 0 Å². The smallest absolute Gasteiger partial charge is 0.320 e. The minimum absolute atomic E-state index is 0. The van der Waals surface area contributed by atoms with Gasteiger partial charge in [0.1, 0.15) is 6.04 Å². The molecular weight excluding hydrogens is 166 g/mol. The molecule has 68 valence electrons. The van der Waals surface area contributed by atoms with Crippen molar-refractivity contribution in [1.29, 1.82) is 0 Å². The lowest BCUT2D eigenvalue weighted by Gasteiger charge is -2.10. The summed E-state index contributed by atoms with van der Waals surface area (Å²) in [5, 5.41) is 8.40. The van der Waals surface area contributed by atoms with Crippen LogP contribution in [0, 0.1) is 5.92 Å². The first-order chi connectivity index (χ1) is 4.57. The normalized spacial score (nSPS) is 14.8. The van der Waals surface area contributed by atoms with Crippen molar-refractivity contribution >= 4 is 18.4 Å². The maximum atomic E-state index is 10.2. The van der Waals surface area contributed by atoms with Crippen LogP contribution in [0.25, 0.3) is 0 Å². The van der Waals surface area contributed by atoms with E-state index in [9.17, 15) is 4.79 Å². The highest BCUT2D eigenvalue weighted by Crippen LogP contribution is 2.07. The summed E-state index contributed by atoms with van der Waals surface area (Å²) in [5.41, 5.74) is 5.29. The van der Waals surface area contributed by atoms with Crippen molar-refractivity contribution in [3.8, 4) is 0 Å². The molecule has 0 radical (unpaired) electrons. The van der Waals surface area contributed by atoms with Gasteiger partial charge in [-0.2, -0.15) is 0 Å². The van der Waals surface area contributed by atoms with Gasteiger partial charge in [-0.3, -0.25) is 4.79 Å². The highest BCUT2D eigenvalue weighted by atomic mass is 35.5. The number of nitrogens with two attached hydrogens (primary N) is 1. The third-order valence-electron chi connectivity index (χ3n) is 1.67. The molecule has 0 fully saturated rings. The summed E-state index contributed by atoms with van der Waals surface area (Å²) >= 11 is 0. The molecule has 0 aromatic carbocycles. The van der Waals surface area contributed by atoms with Gasteiger partial charge in [0.25, 0.3) is 0 Å². The van der Waals surface area contributed by atoms with Crippen molar-refractivity contribution in [2.45, 2.75) is 32.7 Å². The zero-order valence-corrected chi connectivity index (χ0v) is 7.73. The maximum Gasteiger partial charge on any atom is 0.320 e. The molecule has 0 aromatic rings. The van der Waals surface area contributed by atoms with E-state index in [1.54, 1.807) is 0 Å². The quantitative estimate of drug-likeness (QED) is 0.687. The predicted octanol–water partition coefficient (Wildman–Crippen LogP) is 1.26. The summed E-state index contributed by atoms with van der Waals surface area (Å²) in [7, 11) is 0. The van der Waals surface area contributed by atoms with Crippen LogP contribution < -0.4 is 5.73 Å². The average Bonchev–Trinajstić information content (AvgIpc) is 1.87. The van der Waals surface area contributed by atoms with E-state index in [1.165, 1.54) is 0 Å². The van der Waals surface area contributed by atoms with Gasteiger partial charge in [-0.1, -0.05) is 20.3 Å².